The maximum Gasteiger partial charge on any atom is 0.408 e. The third-order valence-corrected chi connectivity index (χ3v) is 8.14. The van der Waals surface area contributed by atoms with Gasteiger partial charge in [0, 0.05) is 31.5 Å². The van der Waals surface area contributed by atoms with E-state index in [-0.39, 0.29) is 37.6 Å². The summed E-state index contributed by atoms with van der Waals surface area (Å²) in [5, 5.41) is 22.5. The number of hydrogen-bond acceptors (Lipinski definition) is 6. The predicted octanol–water partition coefficient (Wildman–Crippen LogP) is 5.21. The molecule has 3 saturated carbocycles. The quantitative estimate of drug-likeness (QED) is 0.313. The second-order valence-corrected chi connectivity index (χ2v) is 12.7. The van der Waals surface area contributed by atoms with Crippen LogP contribution in [0, 0.1) is 17.8 Å². The van der Waals surface area contributed by atoms with E-state index in [0.717, 1.165) is 31.2 Å². The molecule has 0 radical (unpaired) electrons. The van der Waals surface area contributed by atoms with Gasteiger partial charge in [0.1, 0.15) is 5.60 Å². The van der Waals surface area contributed by atoms with E-state index in [1.165, 1.54) is 0 Å². The van der Waals surface area contributed by atoms with Crippen molar-refractivity contribution in [3.8, 4) is 0 Å². The van der Waals surface area contributed by atoms with E-state index in [0.29, 0.717) is 35.8 Å². The highest BCUT2D eigenvalue weighted by atomic mass is 19.3. The SMILES string of the molecule is CC(C)(C)OC(=O)NC(c1cn2ncc(C(NC3C[C@H]3CCNC(=O)O)C3CC3)cc2n1)C1CCC(F)(F)CC1. The van der Waals surface area contributed by atoms with Crippen LogP contribution in [0.3, 0.4) is 0 Å². The van der Waals surface area contributed by atoms with E-state index >= 15 is 0 Å². The minimum Gasteiger partial charge on any atom is -0.465 e. The van der Waals surface area contributed by atoms with Gasteiger partial charge in [-0.25, -0.2) is 27.9 Å². The minimum absolute atomic E-state index is 0.136. The van der Waals surface area contributed by atoms with Crippen molar-refractivity contribution in [2.75, 3.05) is 6.54 Å². The van der Waals surface area contributed by atoms with Gasteiger partial charge in [-0.1, -0.05) is 0 Å². The molecule has 10 nitrogen and oxygen atoms in total. The number of fused-ring (bicyclic) bond motifs is 1. The number of carbonyl (C=O) groups excluding carboxylic acids is 1. The summed E-state index contributed by atoms with van der Waals surface area (Å²) in [6.07, 6.45) is 6.22. The molecule has 0 bridgehead atoms. The molecule has 3 aliphatic carbocycles. The highest BCUT2D eigenvalue weighted by molar-refractivity contribution is 5.68. The Morgan fingerprint density at radius 3 is 2.52 bits per heavy atom. The molecule has 3 fully saturated rings. The normalized spacial score (nSPS) is 24.3. The molecule has 0 saturated heterocycles. The van der Waals surface area contributed by atoms with Gasteiger partial charge in [0.25, 0.3) is 0 Å². The van der Waals surface area contributed by atoms with Gasteiger partial charge in [-0.05, 0) is 88.7 Å². The van der Waals surface area contributed by atoms with E-state index < -0.39 is 29.8 Å². The monoisotopic (exact) mass is 562 g/mol. The first-order valence-electron chi connectivity index (χ1n) is 14.3. The molecular formula is C28H40F2N6O4. The minimum atomic E-state index is -2.68. The number of alkyl carbamates (subject to hydrolysis) is 1. The Labute approximate surface area is 232 Å². The third kappa shape index (κ3) is 7.38. The topological polar surface area (TPSA) is 130 Å². The number of alkyl halides is 2. The predicted molar refractivity (Wildman–Crippen MR) is 143 cm³/mol. The van der Waals surface area contributed by atoms with Crippen LogP contribution in [0.15, 0.2) is 18.5 Å². The fraction of sp³-hybridized carbons (Fsp3) is 0.714. The molecular weight excluding hydrogens is 522 g/mol. The van der Waals surface area contributed by atoms with Gasteiger partial charge in [-0.15, -0.1) is 0 Å². The number of rotatable bonds is 10. The number of carboxylic acid groups (broad SMARTS) is 1. The van der Waals surface area contributed by atoms with Crippen LogP contribution in [-0.4, -0.2) is 56.0 Å². The fourth-order valence-corrected chi connectivity index (χ4v) is 5.79. The Hall–Kier alpha value is -3.02. The molecule has 2 heterocycles. The second kappa shape index (κ2) is 11.1. The van der Waals surface area contributed by atoms with Gasteiger partial charge >= 0.3 is 12.2 Å². The highest BCUT2D eigenvalue weighted by Crippen LogP contribution is 2.45. The number of aromatic nitrogens is 3. The highest BCUT2D eigenvalue weighted by Gasteiger charge is 2.42. The lowest BCUT2D eigenvalue weighted by molar-refractivity contribution is -0.0500. The van der Waals surface area contributed by atoms with Crippen LogP contribution in [0.1, 0.15) is 95.5 Å². The van der Waals surface area contributed by atoms with Crippen molar-refractivity contribution in [3.63, 3.8) is 0 Å². The van der Waals surface area contributed by atoms with Gasteiger partial charge in [0.05, 0.1) is 24.1 Å². The Kier molecular flexibility index (Phi) is 7.91. The van der Waals surface area contributed by atoms with Crippen LogP contribution in [0.4, 0.5) is 18.4 Å². The van der Waals surface area contributed by atoms with E-state index in [2.05, 4.69) is 21.0 Å². The van der Waals surface area contributed by atoms with Crippen molar-refractivity contribution in [3.05, 3.63) is 29.7 Å². The first kappa shape index (κ1) is 28.5. The molecule has 40 heavy (non-hydrogen) atoms. The Balaban J connectivity index is 1.32. The molecule has 4 N–H and O–H groups in total. The first-order chi connectivity index (χ1) is 18.9. The van der Waals surface area contributed by atoms with Crippen LogP contribution in [0.25, 0.3) is 5.65 Å². The maximum absolute atomic E-state index is 13.9. The number of amides is 2. The smallest absolute Gasteiger partial charge is 0.408 e. The second-order valence-electron chi connectivity index (χ2n) is 12.7. The molecule has 3 unspecified atom stereocenters. The van der Waals surface area contributed by atoms with E-state index in [9.17, 15) is 18.4 Å². The number of nitrogens with one attached hydrogen (secondary N) is 3. The van der Waals surface area contributed by atoms with Gasteiger partial charge < -0.3 is 25.8 Å². The zero-order valence-corrected chi connectivity index (χ0v) is 23.3. The zero-order valence-electron chi connectivity index (χ0n) is 23.3. The molecule has 5 rings (SSSR count). The molecule has 0 aliphatic heterocycles. The average Bonchev–Trinajstić information content (AvgIpc) is 3.77. The number of nitrogens with zero attached hydrogens (tertiary/aromatic N) is 3. The molecule has 4 atom stereocenters. The Morgan fingerprint density at radius 1 is 1.18 bits per heavy atom. The number of imidazole rings is 1. The van der Waals surface area contributed by atoms with Crippen molar-refractivity contribution in [1.82, 2.24) is 30.5 Å². The number of carbonyl (C=O) groups is 2. The summed E-state index contributed by atoms with van der Waals surface area (Å²) in [6, 6.07) is 1.92. The molecule has 0 aromatic carbocycles. The summed E-state index contributed by atoms with van der Waals surface area (Å²) in [5.41, 5.74) is 1.56. The van der Waals surface area contributed by atoms with E-state index in [1.807, 2.05) is 12.3 Å². The van der Waals surface area contributed by atoms with Crippen LogP contribution < -0.4 is 16.0 Å². The first-order valence-corrected chi connectivity index (χ1v) is 14.3. The Morgan fingerprint density at radius 2 is 1.88 bits per heavy atom. The van der Waals surface area contributed by atoms with Crippen molar-refractivity contribution >= 4 is 17.8 Å². The van der Waals surface area contributed by atoms with Crippen molar-refractivity contribution < 1.29 is 28.2 Å². The summed E-state index contributed by atoms with van der Waals surface area (Å²) in [7, 11) is 0. The maximum atomic E-state index is 13.9. The number of ether oxygens (including phenoxy) is 1. The summed E-state index contributed by atoms with van der Waals surface area (Å²) in [6.45, 7) is 5.79. The van der Waals surface area contributed by atoms with Gasteiger partial charge in [0.15, 0.2) is 5.65 Å². The van der Waals surface area contributed by atoms with Gasteiger partial charge in [-0.2, -0.15) is 5.10 Å². The molecule has 2 aromatic rings. The number of hydrogen-bond donors (Lipinski definition) is 4. The largest absolute Gasteiger partial charge is 0.465 e. The standard InChI is InChI=1S/C28H40F2N6O4/c1-27(2,3)40-26(39)35-24(17-6-9-28(29,30)10-7-17)21-15-36-22(33-21)13-19(14-32-36)23(16-4-5-16)34-20-12-18(20)8-11-31-25(37)38/h13-18,20,23-24,31,34H,4-12H2,1-3H3,(H,35,39)(H,37,38)/t18-,20?,23?,24?/m1/s1. The van der Waals surface area contributed by atoms with Crippen LogP contribution >= 0.6 is 0 Å². The van der Waals surface area contributed by atoms with E-state index in [4.69, 9.17) is 14.8 Å². The van der Waals surface area contributed by atoms with Crippen molar-refractivity contribution in [2.24, 2.45) is 17.8 Å². The number of halogens is 2. The van der Waals surface area contributed by atoms with Crippen molar-refractivity contribution in [1.29, 1.82) is 0 Å². The zero-order chi connectivity index (χ0) is 28.7. The molecule has 220 valence electrons. The summed E-state index contributed by atoms with van der Waals surface area (Å²) < 4.78 is 35.0. The van der Waals surface area contributed by atoms with E-state index in [1.54, 1.807) is 31.5 Å². The molecule has 2 amide bonds. The molecule has 12 heteroatoms. The van der Waals surface area contributed by atoms with Crippen LogP contribution in [0.5, 0.6) is 0 Å². The fourth-order valence-electron chi connectivity index (χ4n) is 5.79. The third-order valence-electron chi connectivity index (χ3n) is 8.14. The summed E-state index contributed by atoms with van der Waals surface area (Å²) in [4.78, 5) is 28.2. The molecule has 2 aromatic heterocycles. The van der Waals surface area contributed by atoms with Crippen molar-refractivity contribution in [2.45, 2.75) is 102 Å². The Bertz CT molecular complexity index is 1220. The lowest BCUT2D eigenvalue weighted by Gasteiger charge is -2.33. The van der Waals surface area contributed by atoms with Crippen LogP contribution in [-0.2, 0) is 4.74 Å². The molecule has 3 aliphatic rings. The lowest BCUT2D eigenvalue weighted by Crippen LogP contribution is -2.40. The summed E-state index contributed by atoms with van der Waals surface area (Å²) >= 11 is 0. The van der Waals surface area contributed by atoms with Gasteiger partial charge in [-0.3, -0.25) is 0 Å². The van der Waals surface area contributed by atoms with Gasteiger partial charge in [0.2, 0.25) is 5.92 Å². The average molecular weight is 563 g/mol. The summed E-state index contributed by atoms with van der Waals surface area (Å²) in [5.74, 6) is -1.91. The van der Waals surface area contributed by atoms with Crippen LogP contribution in [0.2, 0.25) is 0 Å². The molecule has 0 spiro atoms. The lowest BCUT2D eigenvalue weighted by atomic mass is 9.81.